The van der Waals surface area contributed by atoms with E-state index in [1.165, 1.54) is 18.2 Å². The van der Waals surface area contributed by atoms with E-state index in [1.807, 2.05) is 13.0 Å². The molecule has 0 bridgehead atoms. The highest BCUT2D eigenvalue weighted by molar-refractivity contribution is 14.1. The van der Waals surface area contributed by atoms with Gasteiger partial charge < -0.3 is 14.8 Å². The topological polar surface area (TPSA) is 67.9 Å². The van der Waals surface area contributed by atoms with Gasteiger partial charge in [0.2, 0.25) is 0 Å². The number of imide groups is 1. The summed E-state index contributed by atoms with van der Waals surface area (Å²) in [7, 11) is 0. The van der Waals surface area contributed by atoms with Crippen molar-refractivity contribution in [1.29, 1.82) is 0 Å². The number of amides is 3. The van der Waals surface area contributed by atoms with Gasteiger partial charge >= 0.3 is 6.03 Å². The van der Waals surface area contributed by atoms with E-state index in [0.29, 0.717) is 29.2 Å². The molecule has 0 unspecified atom stereocenters. The van der Waals surface area contributed by atoms with Gasteiger partial charge in [0, 0.05) is 6.54 Å². The second kappa shape index (κ2) is 9.75. The molecule has 8 heteroatoms. The van der Waals surface area contributed by atoms with Crippen LogP contribution in [0.4, 0.5) is 9.18 Å². The number of halogens is 2. The lowest BCUT2D eigenvalue weighted by Gasteiger charge is -2.15. The van der Waals surface area contributed by atoms with Crippen molar-refractivity contribution in [3.63, 3.8) is 0 Å². The Balaban J connectivity index is 1.87. The number of carbonyl (C=O) groups is 2. The Morgan fingerprint density at radius 3 is 2.73 bits per heavy atom. The van der Waals surface area contributed by atoms with Crippen LogP contribution in [-0.2, 0) is 11.4 Å². The molecule has 0 spiro atoms. The Labute approximate surface area is 187 Å². The second-order valence-electron chi connectivity index (χ2n) is 6.37. The predicted molar refractivity (Wildman–Crippen MR) is 119 cm³/mol. The largest absolute Gasteiger partial charge is 0.490 e. The maximum Gasteiger partial charge on any atom is 0.329 e. The summed E-state index contributed by atoms with van der Waals surface area (Å²) in [6, 6.07) is 9.25. The third-order valence-corrected chi connectivity index (χ3v) is 4.99. The van der Waals surface area contributed by atoms with Gasteiger partial charge in [-0.05, 0) is 71.0 Å². The summed E-state index contributed by atoms with van der Waals surface area (Å²) in [6.45, 7) is 6.13. The van der Waals surface area contributed by atoms with Crippen molar-refractivity contribution in [1.82, 2.24) is 10.2 Å². The fraction of sp³-hybridized carbons (Fsp3) is 0.182. The number of nitrogens with one attached hydrogen (secondary N) is 1. The van der Waals surface area contributed by atoms with Crippen LogP contribution in [0.3, 0.4) is 0 Å². The standard InChI is InChI=1S/C22H20FIN2O4/c1-3-8-26-21(27)18(25-22(26)28)11-15-10-17(24)20(19(12-15)29-4-2)30-13-14-6-5-7-16(23)9-14/h3,5-7,9-12H,1,4,8,13H2,2H3,(H,25,28)/b18-11+. The highest BCUT2D eigenvalue weighted by Gasteiger charge is 2.32. The van der Waals surface area contributed by atoms with Crippen LogP contribution < -0.4 is 14.8 Å². The average molecular weight is 522 g/mol. The van der Waals surface area contributed by atoms with Gasteiger partial charge in [-0.2, -0.15) is 0 Å². The Hall–Kier alpha value is -2.88. The number of hydrogen-bond acceptors (Lipinski definition) is 4. The number of hydrogen-bond donors (Lipinski definition) is 1. The summed E-state index contributed by atoms with van der Waals surface area (Å²) in [5, 5.41) is 2.57. The first-order chi connectivity index (χ1) is 14.4. The van der Waals surface area contributed by atoms with Gasteiger partial charge in [-0.3, -0.25) is 9.69 Å². The first-order valence-electron chi connectivity index (χ1n) is 9.22. The molecule has 3 rings (SSSR count). The van der Waals surface area contributed by atoms with Crippen molar-refractivity contribution >= 4 is 40.6 Å². The molecule has 1 aliphatic heterocycles. The summed E-state index contributed by atoms with van der Waals surface area (Å²) in [5.74, 6) is 0.275. The predicted octanol–water partition coefficient (Wildman–Crippen LogP) is 4.49. The van der Waals surface area contributed by atoms with Crippen LogP contribution in [0.5, 0.6) is 11.5 Å². The molecule has 30 heavy (non-hydrogen) atoms. The Morgan fingerprint density at radius 2 is 2.03 bits per heavy atom. The van der Waals surface area contributed by atoms with Gasteiger partial charge in [-0.1, -0.05) is 18.2 Å². The zero-order valence-electron chi connectivity index (χ0n) is 16.3. The molecule has 1 N–H and O–H groups in total. The molecule has 1 fully saturated rings. The molecule has 0 saturated carbocycles. The summed E-state index contributed by atoms with van der Waals surface area (Å²) < 4.78 is 25.8. The quantitative estimate of drug-likeness (QED) is 0.240. The molecule has 156 valence electrons. The zero-order chi connectivity index (χ0) is 21.7. The van der Waals surface area contributed by atoms with E-state index in [9.17, 15) is 14.0 Å². The fourth-order valence-electron chi connectivity index (χ4n) is 2.89. The molecule has 1 heterocycles. The van der Waals surface area contributed by atoms with Gasteiger partial charge in [0.25, 0.3) is 5.91 Å². The van der Waals surface area contributed by atoms with Crippen LogP contribution >= 0.6 is 22.6 Å². The van der Waals surface area contributed by atoms with Gasteiger partial charge in [0.1, 0.15) is 18.1 Å². The lowest BCUT2D eigenvalue weighted by Crippen LogP contribution is -2.30. The minimum atomic E-state index is -0.485. The molecule has 1 aliphatic rings. The summed E-state index contributed by atoms with van der Waals surface area (Å²) in [5.41, 5.74) is 1.54. The molecular weight excluding hydrogens is 502 g/mol. The number of carbonyl (C=O) groups excluding carboxylic acids is 2. The second-order valence-corrected chi connectivity index (χ2v) is 7.54. The lowest BCUT2D eigenvalue weighted by atomic mass is 10.1. The maximum absolute atomic E-state index is 13.4. The molecule has 6 nitrogen and oxygen atoms in total. The lowest BCUT2D eigenvalue weighted by molar-refractivity contribution is -0.122. The van der Waals surface area contributed by atoms with E-state index in [2.05, 4.69) is 34.5 Å². The van der Waals surface area contributed by atoms with Crippen molar-refractivity contribution in [3.8, 4) is 11.5 Å². The summed E-state index contributed by atoms with van der Waals surface area (Å²) in [4.78, 5) is 25.4. The molecule has 3 amide bonds. The number of urea groups is 1. The van der Waals surface area contributed by atoms with Crippen LogP contribution in [-0.4, -0.2) is 30.0 Å². The number of benzene rings is 2. The van der Waals surface area contributed by atoms with Crippen molar-refractivity contribution in [3.05, 3.63) is 75.3 Å². The number of rotatable bonds is 8. The molecule has 1 saturated heterocycles. The van der Waals surface area contributed by atoms with Gasteiger partial charge in [0.05, 0.1) is 10.2 Å². The van der Waals surface area contributed by atoms with E-state index in [4.69, 9.17) is 9.47 Å². The van der Waals surface area contributed by atoms with Crippen molar-refractivity contribution in [2.24, 2.45) is 0 Å². The maximum atomic E-state index is 13.4. The average Bonchev–Trinajstić information content (AvgIpc) is 2.95. The van der Waals surface area contributed by atoms with E-state index < -0.39 is 11.9 Å². The molecule has 2 aromatic rings. The van der Waals surface area contributed by atoms with E-state index >= 15 is 0 Å². The zero-order valence-corrected chi connectivity index (χ0v) is 18.4. The molecule has 0 aromatic heterocycles. The number of ether oxygens (including phenoxy) is 2. The normalized spacial score (nSPS) is 14.8. The molecule has 2 aromatic carbocycles. The molecular formula is C22H20FIN2O4. The molecule has 0 atom stereocenters. The Bertz CT molecular complexity index is 1020. The van der Waals surface area contributed by atoms with Crippen molar-refractivity contribution in [2.45, 2.75) is 13.5 Å². The van der Waals surface area contributed by atoms with E-state index in [1.54, 1.807) is 24.3 Å². The van der Waals surface area contributed by atoms with Crippen molar-refractivity contribution < 1.29 is 23.5 Å². The smallest absolute Gasteiger partial charge is 0.329 e. The molecule has 0 aliphatic carbocycles. The van der Waals surface area contributed by atoms with Crippen LogP contribution in [0.25, 0.3) is 6.08 Å². The van der Waals surface area contributed by atoms with Crippen molar-refractivity contribution in [2.75, 3.05) is 13.2 Å². The first-order valence-corrected chi connectivity index (χ1v) is 10.3. The summed E-state index contributed by atoms with van der Waals surface area (Å²) in [6.07, 6.45) is 3.08. The minimum Gasteiger partial charge on any atom is -0.490 e. The first kappa shape index (κ1) is 21.8. The van der Waals surface area contributed by atoms with Crippen LogP contribution in [0.2, 0.25) is 0 Å². The monoisotopic (exact) mass is 522 g/mol. The Kier molecular flexibility index (Phi) is 7.09. The van der Waals surface area contributed by atoms with E-state index in [-0.39, 0.29) is 24.7 Å². The SMILES string of the molecule is C=CCN1C(=O)N/C(=C/c2cc(I)c(OCc3cccc(F)c3)c(OCC)c2)C1=O. The molecule has 0 radical (unpaired) electrons. The van der Waals surface area contributed by atoms with E-state index in [0.717, 1.165) is 8.47 Å². The third-order valence-electron chi connectivity index (χ3n) is 4.19. The Morgan fingerprint density at radius 1 is 1.23 bits per heavy atom. The van der Waals surface area contributed by atoms with Crippen LogP contribution in [0.15, 0.2) is 54.8 Å². The van der Waals surface area contributed by atoms with Crippen LogP contribution in [0.1, 0.15) is 18.1 Å². The van der Waals surface area contributed by atoms with Gasteiger partial charge in [-0.25, -0.2) is 9.18 Å². The van der Waals surface area contributed by atoms with Gasteiger partial charge in [0.15, 0.2) is 11.5 Å². The number of nitrogens with zero attached hydrogens (tertiary/aromatic N) is 1. The van der Waals surface area contributed by atoms with Crippen LogP contribution in [0, 0.1) is 9.39 Å². The van der Waals surface area contributed by atoms with Gasteiger partial charge in [-0.15, -0.1) is 6.58 Å². The fourth-order valence-corrected chi connectivity index (χ4v) is 3.67. The highest BCUT2D eigenvalue weighted by atomic mass is 127. The third kappa shape index (κ3) is 4.99. The highest BCUT2D eigenvalue weighted by Crippen LogP contribution is 2.35. The minimum absolute atomic E-state index is 0.136. The summed E-state index contributed by atoms with van der Waals surface area (Å²) >= 11 is 2.11.